The predicted molar refractivity (Wildman–Crippen MR) is 79.3 cm³/mol. The molecule has 1 N–H and O–H groups in total. The largest absolute Gasteiger partial charge is 0.391 e. The normalized spacial score (nSPS) is 30.5. The summed E-state index contributed by atoms with van der Waals surface area (Å²) < 4.78 is 0. The van der Waals surface area contributed by atoms with E-state index in [1.807, 2.05) is 30.3 Å². The van der Waals surface area contributed by atoms with Crippen molar-refractivity contribution in [2.24, 2.45) is 11.8 Å². The van der Waals surface area contributed by atoms with Crippen LogP contribution in [0.15, 0.2) is 36.9 Å². The molecule has 1 saturated carbocycles. The quantitative estimate of drug-likeness (QED) is 0.873. The molecular weight excluding hydrogens is 250 g/mol. The number of hydrogen-bond acceptors (Lipinski definition) is 3. The summed E-state index contributed by atoms with van der Waals surface area (Å²) >= 11 is 0. The second-order valence-corrected chi connectivity index (χ2v) is 5.93. The van der Waals surface area contributed by atoms with Gasteiger partial charge in [-0.3, -0.25) is 0 Å². The first kappa shape index (κ1) is 13.3. The Hall–Kier alpha value is -1.68. The molecule has 3 rings (SSSR count). The van der Waals surface area contributed by atoms with Crippen LogP contribution in [-0.2, 0) is 0 Å². The second-order valence-electron chi connectivity index (χ2n) is 5.93. The van der Waals surface area contributed by atoms with Gasteiger partial charge >= 0.3 is 0 Å². The van der Waals surface area contributed by atoms with Crippen molar-refractivity contribution in [3.8, 4) is 0 Å². The highest BCUT2D eigenvalue weighted by Crippen LogP contribution is 2.37. The van der Waals surface area contributed by atoms with Gasteiger partial charge in [0.25, 0.3) is 0 Å². The Morgan fingerprint density at radius 1 is 1.30 bits per heavy atom. The van der Waals surface area contributed by atoms with Crippen LogP contribution in [0, 0.1) is 11.8 Å². The molecule has 0 amide bonds. The van der Waals surface area contributed by atoms with Crippen molar-refractivity contribution in [2.45, 2.75) is 38.3 Å². The van der Waals surface area contributed by atoms with E-state index >= 15 is 0 Å². The van der Waals surface area contributed by atoms with Crippen LogP contribution in [0.25, 0.3) is 11.0 Å². The van der Waals surface area contributed by atoms with Crippen molar-refractivity contribution in [2.75, 3.05) is 0 Å². The van der Waals surface area contributed by atoms with Crippen LogP contribution < -0.4 is 0 Å². The molecule has 20 heavy (non-hydrogen) atoms. The fourth-order valence-corrected chi connectivity index (χ4v) is 3.32. The molecule has 1 aromatic heterocycles. The van der Waals surface area contributed by atoms with E-state index in [4.69, 9.17) is 0 Å². The van der Waals surface area contributed by atoms with Crippen molar-refractivity contribution in [3.63, 3.8) is 0 Å². The average molecular weight is 271 g/mol. The third-order valence-corrected chi connectivity index (χ3v) is 4.29. The highest BCUT2D eigenvalue weighted by molar-refractivity contribution is 5.72. The van der Waals surface area contributed by atoms with E-state index in [9.17, 15) is 5.11 Å². The zero-order valence-electron chi connectivity index (χ0n) is 11.8. The molecule has 1 heterocycles. The van der Waals surface area contributed by atoms with Crippen molar-refractivity contribution < 1.29 is 5.11 Å². The van der Waals surface area contributed by atoms with Gasteiger partial charge in [-0.25, -0.2) is 0 Å². The Morgan fingerprint density at radius 2 is 1.95 bits per heavy atom. The van der Waals surface area contributed by atoms with Gasteiger partial charge < -0.3 is 5.11 Å². The highest BCUT2D eigenvalue weighted by atomic mass is 16.3. The first-order chi connectivity index (χ1) is 9.69. The fourth-order valence-electron chi connectivity index (χ4n) is 3.32. The van der Waals surface area contributed by atoms with Gasteiger partial charge in [-0.15, -0.1) is 6.58 Å². The van der Waals surface area contributed by atoms with E-state index in [0.29, 0.717) is 5.92 Å². The lowest BCUT2D eigenvalue weighted by Gasteiger charge is -2.37. The number of aliphatic hydroxyl groups is 1. The number of aromatic nitrogens is 3. The molecule has 1 aliphatic rings. The van der Waals surface area contributed by atoms with Crippen molar-refractivity contribution in [3.05, 3.63) is 36.9 Å². The van der Waals surface area contributed by atoms with Crippen LogP contribution in [0.2, 0.25) is 0 Å². The van der Waals surface area contributed by atoms with Crippen LogP contribution >= 0.6 is 0 Å². The standard InChI is InChI=1S/C16H21N3O/c1-3-6-12-9-11(2)10-15(16(12)20)19-17-13-7-4-5-8-14(13)18-19/h3-5,7-8,11-12,15-16,20H,1,6,9-10H2,2H3. The molecule has 0 radical (unpaired) electrons. The van der Waals surface area contributed by atoms with Crippen molar-refractivity contribution >= 4 is 11.0 Å². The number of fused-ring (bicyclic) bond motifs is 1. The summed E-state index contributed by atoms with van der Waals surface area (Å²) in [5.74, 6) is 0.831. The lowest BCUT2D eigenvalue weighted by atomic mass is 9.76. The maximum absolute atomic E-state index is 10.6. The number of hydrogen-bond donors (Lipinski definition) is 1. The molecular formula is C16H21N3O. The number of rotatable bonds is 3. The third kappa shape index (κ3) is 2.36. The van der Waals surface area contributed by atoms with Gasteiger partial charge in [-0.1, -0.05) is 25.1 Å². The summed E-state index contributed by atoms with van der Waals surface area (Å²) in [5.41, 5.74) is 1.77. The summed E-state index contributed by atoms with van der Waals surface area (Å²) in [4.78, 5) is 1.72. The Labute approximate surface area is 119 Å². The number of allylic oxidation sites excluding steroid dienone is 1. The number of aliphatic hydroxyl groups excluding tert-OH is 1. The van der Waals surface area contributed by atoms with Gasteiger partial charge in [-0.2, -0.15) is 15.0 Å². The van der Waals surface area contributed by atoms with Gasteiger partial charge in [0.05, 0.1) is 12.1 Å². The molecule has 0 saturated heterocycles. The van der Waals surface area contributed by atoms with Crippen LogP contribution in [-0.4, -0.2) is 26.2 Å². The molecule has 4 atom stereocenters. The van der Waals surface area contributed by atoms with Crippen molar-refractivity contribution in [1.29, 1.82) is 0 Å². The summed E-state index contributed by atoms with van der Waals surface area (Å²) in [6.07, 6.45) is 4.32. The Kier molecular flexibility index (Phi) is 3.57. The summed E-state index contributed by atoms with van der Waals surface area (Å²) in [6.45, 7) is 6.03. The van der Waals surface area contributed by atoms with E-state index in [2.05, 4.69) is 23.7 Å². The molecule has 0 bridgehead atoms. The fraction of sp³-hybridized carbons (Fsp3) is 0.500. The maximum atomic E-state index is 10.6. The lowest BCUT2D eigenvalue weighted by molar-refractivity contribution is -0.00291. The molecule has 0 spiro atoms. The number of nitrogens with zero attached hydrogens (tertiary/aromatic N) is 3. The van der Waals surface area contributed by atoms with Crippen LogP contribution in [0.5, 0.6) is 0 Å². The molecule has 1 fully saturated rings. The van der Waals surface area contributed by atoms with Crippen LogP contribution in [0.1, 0.15) is 32.2 Å². The van der Waals surface area contributed by atoms with Gasteiger partial charge in [0.1, 0.15) is 11.0 Å². The smallest absolute Gasteiger partial charge is 0.113 e. The molecule has 2 aromatic rings. The van der Waals surface area contributed by atoms with E-state index in [1.54, 1.807) is 4.80 Å². The monoisotopic (exact) mass is 271 g/mol. The van der Waals surface area contributed by atoms with Gasteiger partial charge in [0, 0.05) is 0 Å². The molecule has 4 nitrogen and oxygen atoms in total. The Bertz CT molecular complexity index is 574. The molecule has 4 unspecified atom stereocenters. The minimum absolute atomic E-state index is 0.0314. The van der Waals surface area contributed by atoms with Gasteiger partial charge in [0.2, 0.25) is 0 Å². The third-order valence-electron chi connectivity index (χ3n) is 4.29. The van der Waals surface area contributed by atoms with Crippen LogP contribution in [0.4, 0.5) is 0 Å². The molecule has 106 valence electrons. The zero-order valence-corrected chi connectivity index (χ0v) is 11.8. The van der Waals surface area contributed by atoms with E-state index < -0.39 is 6.10 Å². The Balaban J connectivity index is 1.92. The minimum Gasteiger partial charge on any atom is -0.391 e. The van der Waals surface area contributed by atoms with Gasteiger partial charge in [0.15, 0.2) is 0 Å². The lowest BCUT2D eigenvalue weighted by Crippen LogP contribution is -2.38. The average Bonchev–Trinajstić information content (AvgIpc) is 2.86. The van der Waals surface area contributed by atoms with Crippen molar-refractivity contribution in [1.82, 2.24) is 15.0 Å². The zero-order chi connectivity index (χ0) is 14.1. The first-order valence-corrected chi connectivity index (χ1v) is 7.29. The number of benzene rings is 1. The second kappa shape index (κ2) is 5.37. The summed E-state index contributed by atoms with van der Waals surface area (Å²) in [5, 5.41) is 19.7. The molecule has 4 heteroatoms. The van der Waals surface area contributed by atoms with E-state index in [0.717, 1.165) is 30.3 Å². The highest BCUT2D eigenvalue weighted by Gasteiger charge is 2.36. The molecule has 1 aromatic carbocycles. The maximum Gasteiger partial charge on any atom is 0.113 e. The summed E-state index contributed by atoms with van der Waals surface area (Å²) in [7, 11) is 0. The predicted octanol–water partition coefficient (Wildman–Crippen LogP) is 2.96. The summed E-state index contributed by atoms with van der Waals surface area (Å²) in [6, 6.07) is 7.80. The Morgan fingerprint density at radius 3 is 2.55 bits per heavy atom. The topological polar surface area (TPSA) is 50.9 Å². The first-order valence-electron chi connectivity index (χ1n) is 7.29. The SMILES string of the molecule is C=CCC1CC(C)CC(n2nc3ccccc3n2)C1O. The van der Waals surface area contributed by atoms with E-state index in [1.165, 1.54) is 0 Å². The van der Waals surface area contributed by atoms with Crippen LogP contribution in [0.3, 0.4) is 0 Å². The molecule has 1 aliphatic carbocycles. The minimum atomic E-state index is -0.397. The van der Waals surface area contributed by atoms with Gasteiger partial charge in [-0.05, 0) is 43.2 Å². The van der Waals surface area contributed by atoms with E-state index in [-0.39, 0.29) is 12.0 Å². The molecule has 0 aliphatic heterocycles.